The minimum Gasteiger partial charge on any atom is -0.383 e. The number of likely N-dealkylation sites (N-methyl/N-ethyl adjacent to an activating group) is 1. The van der Waals surface area contributed by atoms with Crippen LogP contribution in [-0.4, -0.2) is 56.2 Å². The SMILES string of the molecule is COCCN(C)c1ccc(CN[C@H](CN2CCCC2=O)c2ccccc2)cn1. The minimum atomic E-state index is 0.104. The van der Waals surface area contributed by atoms with E-state index in [2.05, 4.69) is 33.4 Å². The zero-order valence-corrected chi connectivity index (χ0v) is 16.8. The number of ether oxygens (including phenoxy) is 1. The van der Waals surface area contributed by atoms with E-state index >= 15 is 0 Å². The van der Waals surface area contributed by atoms with Crippen LogP contribution in [0.25, 0.3) is 0 Å². The molecule has 1 saturated heterocycles. The van der Waals surface area contributed by atoms with Crippen LogP contribution in [-0.2, 0) is 16.1 Å². The maximum atomic E-state index is 12.1. The molecule has 1 amide bonds. The summed E-state index contributed by atoms with van der Waals surface area (Å²) in [5.74, 6) is 1.19. The van der Waals surface area contributed by atoms with Crippen molar-refractivity contribution in [2.75, 3.05) is 45.3 Å². The second-order valence-corrected chi connectivity index (χ2v) is 7.23. The molecule has 1 aromatic heterocycles. The number of anilines is 1. The maximum absolute atomic E-state index is 12.1. The molecular formula is C22H30N4O2. The normalized spacial score (nSPS) is 15.1. The van der Waals surface area contributed by atoms with Crippen molar-refractivity contribution in [1.82, 2.24) is 15.2 Å². The average Bonchev–Trinajstić information content (AvgIpc) is 3.14. The Kier molecular flexibility index (Phi) is 7.39. The van der Waals surface area contributed by atoms with Crippen LogP contribution in [0.1, 0.15) is 30.0 Å². The van der Waals surface area contributed by atoms with Crippen LogP contribution in [0.4, 0.5) is 5.82 Å². The van der Waals surface area contributed by atoms with Gasteiger partial charge in [-0.15, -0.1) is 0 Å². The van der Waals surface area contributed by atoms with Crippen LogP contribution in [0, 0.1) is 0 Å². The molecule has 0 radical (unpaired) electrons. The molecule has 1 N–H and O–H groups in total. The van der Waals surface area contributed by atoms with Crippen molar-refractivity contribution in [1.29, 1.82) is 0 Å². The number of hydrogen-bond acceptors (Lipinski definition) is 5. The summed E-state index contributed by atoms with van der Waals surface area (Å²) in [5, 5.41) is 3.62. The third-order valence-corrected chi connectivity index (χ3v) is 5.16. The van der Waals surface area contributed by atoms with E-state index in [0.29, 0.717) is 26.1 Å². The van der Waals surface area contributed by atoms with Gasteiger partial charge in [-0.3, -0.25) is 4.79 Å². The van der Waals surface area contributed by atoms with E-state index in [4.69, 9.17) is 4.74 Å². The Morgan fingerprint density at radius 1 is 1.25 bits per heavy atom. The number of nitrogens with zero attached hydrogens (tertiary/aromatic N) is 3. The van der Waals surface area contributed by atoms with Gasteiger partial charge < -0.3 is 19.9 Å². The van der Waals surface area contributed by atoms with E-state index in [9.17, 15) is 4.79 Å². The largest absolute Gasteiger partial charge is 0.383 e. The molecule has 1 aliphatic heterocycles. The van der Waals surface area contributed by atoms with Gasteiger partial charge in [0.2, 0.25) is 5.91 Å². The Labute approximate surface area is 167 Å². The predicted octanol–water partition coefficient (Wildman–Crippen LogP) is 2.62. The van der Waals surface area contributed by atoms with E-state index in [1.807, 2.05) is 42.4 Å². The van der Waals surface area contributed by atoms with Crippen molar-refractivity contribution in [2.24, 2.45) is 0 Å². The van der Waals surface area contributed by atoms with Crippen LogP contribution in [0.15, 0.2) is 48.7 Å². The lowest BCUT2D eigenvalue weighted by Crippen LogP contribution is -2.35. The fourth-order valence-corrected chi connectivity index (χ4v) is 3.42. The Morgan fingerprint density at radius 2 is 2.07 bits per heavy atom. The van der Waals surface area contributed by atoms with Gasteiger partial charge in [-0.1, -0.05) is 36.4 Å². The third-order valence-electron chi connectivity index (χ3n) is 5.16. The lowest BCUT2D eigenvalue weighted by molar-refractivity contribution is -0.128. The van der Waals surface area contributed by atoms with Crippen LogP contribution < -0.4 is 10.2 Å². The molecule has 3 rings (SSSR count). The van der Waals surface area contributed by atoms with Crippen molar-refractivity contribution in [3.8, 4) is 0 Å². The fraction of sp³-hybridized carbons (Fsp3) is 0.455. The van der Waals surface area contributed by atoms with Gasteiger partial charge in [-0.25, -0.2) is 4.98 Å². The molecule has 150 valence electrons. The van der Waals surface area contributed by atoms with Crippen molar-refractivity contribution in [3.05, 3.63) is 59.8 Å². The summed E-state index contributed by atoms with van der Waals surface area (Å²) in [6.45, 7) is 3.75. The molecule has 2 heterocycles. The van der Waals surface area contributed by atoms with Crippen LogP contribution in [0.3, 0.4) is 0 Å². The first-order chi connectivity index (χ1) is 13.7. The van der Waals surface area contributed by atoms with E-state index < -0.39 is 0 Å². The number of carbonyl (C=O) groups excluding carboxylic acids is 1. The Morgan fingerprint density at radius 3 is 2.71 bits per heavy atom. The molecule has 1 atom stereocenters. The molecule has 0 bridgehead atoms. The molecule has 0 spiro atoms. The average molecular weight is 383 g/mol. The van der Waals surface area contributed by atoms with Crippen molar-refractivity contribution in [2.45, 2.75) is 25.4 Å². The lowest BCUT2D eigenvalue weighted by Gasteiger charge is -2.25. The number of rotatable bonds is 10. The monoisotopic (exact) mass is 382 g/mol. The summed E-state index contributed by atoms with van der Waals surface area (Å²) in [5.41, 5.74) is 2.32. The van der Waals surface area contributed by atoms with E-state index in [1.54, 1.807) is 7.11 Å². The molecule has 1 aromatic carbocycles. The minimum absolute atomic E-state index is 0.104. The quantitative estimate of drug-likeness (QED) is 0.685. The van der Waals surface area contributed by atoms with Crippen molar-refractivity contribution >= 4 is 11.7 Å². The molecule has 2 aromatic rings. The Balaban J connectivity index is 1.62. The summed E-state index contributed by atoms with van der Waals surface area (Å²) in [6, 6.07) is 14.6. The number of nitrogens with one attached hydrogen (secondary N) is 1. The maximum Gasteiger partial charge on any atom is 0.222 e. The molecule has 1 fully saturated rings. The second-order valence-electron chi connectivity index (χ2n) is 7.23. The second kappa shape index (κ2) is 10.2. The molecule has 6 heteroatoms. The highest BCUT2D eigenvalue weighted by molar-refractivity contribution is 5.78. The number of carbonyl (C=O) groups is 1. The number of pyridine rings is 1. The van der Waals surface area contributed by atoms with Crippen LogP contribution in [0.2, 0.25) is 0 Å². The third kappa shape index (κ3) is 5.53. The van der Waals surface area contributed by atoms with Gasteiger partial charge in [0.15, 0.2) is 0 Å². The number of hydrogen-bond donors (Lipinski definition) is 1. The van der Waals surface area contributed by atoms with Gasteiger partial charge in [0, 0.05) is 53.0 Å². The number of methoxy groups -OCH3 is 1. The number of aromatic nitrogens is 1. The highest BCUT2D eigenvalue weighted by atomic mass is 16.5. The first kappa shape index (κ1) is 20.3. The summed E-state index contributed by atoms with van der Waals surface area (Å²) < 4.78 is 5.12. The summed E-state index contributed by atoms with van der Waals surface area (Å²) in [4.78, 5) is 20.7. The first-order valence-electron chi connectivity index (χ1n) is 9.88. The van der Waals surface area contributed by atoms with Gasteiger partial charge in [0.1, 0.15) is 5.82 Å². The Bertz CT molecular complexity index is 736. The van der Waals surface area contributed by atoms with Crippen LogP contribution >= 0.6 is 0 Å². The molecule has 0 unspecified atom stereocenters. The topological polar surface area (TPSA) is 57.7 Å². The van der Waals surface area contributed by atoms with Gasteiger partial charge in [-0.05, 0) is 23.6 Å². The number of likely N-dealkylation sites (tertiary alicyclic amines) is 1. The zero-order chi connectivity index (χ0) is 19.8. The molecule has 0 saturated carbocycles. The van der Waals surface area contributed by atoms with Gasteiger partial charge in [-0.2, -0.15) is 0 Å². The molecular weight excluding hydrogens is 352 g/mol. The predicted molar refractivity (Wildman–Crippen MR) is 111 cm³/mol. The van der Waals surface area contributed by atoms with E-state index in [1.165, 1.54) is 5.56 Å². The highest BCUT2D eigenvalue weighted by Crippen LogP contribution is 2.19. The summed E-state index contributed by atoms with van der Waals surface area (Å²) >= 11 is 0. The fourth-order valence-electron chi connectivity index (χ4n) is 3.42. The van der Waals surface area contributed by atoms with Crippen molar-refractivity contribution < 1.29 is 9.53 Å². The number of amides is 1. The lowest BCUT2D eigenvalue weighted by atomic mass is 10.1. The standard InChI is InChI=1S/C22H30N4O2/c1-25(13-14-28-2)21-11-10-18(16-24-21)15-23-20(19-7-4-3-5-8-19)17-26-12-6-9-22(26)27/h3-5,7-8,10-11,16,20,23H,6,9,12-15,17H2,1-2H3/t20-/m1/s1. The van der Waals surface area contributed by atoms with Gasteiger partial charge in [0.25, 0.3) is 0 Å². The van der Waals surface area contributed by atoms with E-state index in [-0.39, 0.29) is 11.9 Å². The molecule has 1 aliphatic rings. The van der Waals surface area contributed by atoms with E-state index in [0.717, 1.165) is 30.9 Å². The van der Waals surface area contributed by atoms with Gasteiger partial charge in [0.05, 0.1) is 12.6 Å². The molecule has 0 aliphatic carbocycles. The molecule has 6 nitrogen and oxygen atoms in total. The number of benzene rings is 1. The Hall–Kier alpha value is -2.44. The van der Waals surface area contributed by atoms with Crippen molar-refractivity contribution in [3.63, 3.8) is 0 Å². The summed E-state index contributed by atoms with van der Waals surface area (Å²) in [6.07, 6.45) is 3.54. The van der Waals surface area contributed by atoms with Crippen LogP contribution in [0.5, 0.6) is 0 Å². The zero-order valence-electron chi connectivity index (χ0n) is 16.8. The molecule has 28 heavy (non-hydrogen) atoms. The highest BCUT2D eigenvalue weighted by Gasteiger charge is 2.24. The summed E-state index contributed by atoms with van der Waals surface area (Å²) in [7, 11) is 3.71. The van der Waals surface area contributed by atoms with Gasteiger partial charge >= 0.3 is 0 Å². The first-order valence-corrected chi connectivity index (χ1v) is 9.88. The smallest absolute Gasteiger partial charge is 0.222 e.